The van der Waals surface area contributed by atoms with Gasteiger partial charge in [-0.2, -0.15) is 0 Å². The summed E-state index contributed by atoms with van der Waals surface area (Å²) in [5.41, 5.74) is 2.74. The zero-order valence-electron chi connectivity index (χ0n) is 16.5. The Labute approximate surface area is 189 Å². The maximum absolute atomic E-state index is 13.4. The van der Waals surface area contributed by atoms with Crippen LogP contribution in [-0.4, -0.2) is 10.8 Å². The molecule has 0 radical (unpaired) electrons. The molecule has 4 rings (SSSR count). The van der Waals surface area contributed by atoms with E-state index in [-0.39, 0.29) is 11.7 Å². The number of nitrogens with zero attached hydrogens (tertiary/aromatic N) is 1. The predicted octanol–water partition coefficient (Wildman–Crippen LogP) is 7.47. The van der Waals surface area contributed by atoms with Crippen LogP contribution in [0.1, 0.15) is 28.7 Å². The minimum Gasteiger partial charge on any atom is -0.465 e. The van der Waals surface area contributed by atoms with E-state index in [1.807, 2.05) is 25.1 Å². The smallest absolute Gasteiger partial charge is 0.231 e. The molecule has 1 heterocycles. The summed E-state index contributed by atoms with van der Waals surface area (Å²) in [5, 5.41) is 0.829. The van der Waals surface area contributed by atoms with Crippen molar-refractivity contribution in [3.8, 4) is 5.75 Å². The van der Waals surface area contributed by atoms with Crippen molar-refractivity contribution in [2.24, 2.45) is 0 Å². The van der Waals surface area contributed by atoms with Gasteiger partial charge in [0.25, 0.3) is 0 Å². The first-order valence-electron chi connectivity index (χ1n) is 9.50. The monoisotopic (exact) mass is 449 g/mol. The molecule has 0 bridgehead atoms. The maximum atomic E-state index is 13.4. The van der Waals surface area contributed by atoms with Gasteiger partial charge in [0.2, 0.25) is 5.89 Å². The molecule has 6 heteroatoms. The third-order valence-corrected chi connectivity index (χ3v) is 5.22. The van der Waals surface area contributed by atoms with E-state index >= 15 is 0 Å². The van der Waals surface area contributed by atoms with Crippen LogP contribution in [0.2, 0.25) is 10.0 Å². The second-order valence-electron chi connectivity index (χ2n) is 6.66. The number of hydrogen-bond donors (Lipinski definition) is 0. The molecule has 31 heavy (non-hydrogen) atoms. The van der Waals surface area contributed by atoms with Gasteiger partial charge in [0, 0.05) is 5.56 Å². The van der Waals surface area contributed by atoms with Crippen molar-refractivity contribution in [2.45, 2.75) is 6.92 Å². The van der Waals surface area contributed by atoms with Crippen LogP contribution in [0.4, 0.5) is 0 Å². The summed E-state index contributed by atoms with van der Waals surface area (Å²) < 4.78 is 11.3. The van der Waals surface area contributed by atoms with Gasteiger partial charge in [-0.3, -0.25) is 4.79 Å². The molecule has 0 amide bonds. The lowest BCUT2D eigenvalue weighted by Gasteiger charge is -2.06. The second kappa shape index (κ2) is 9.21. The first kappa shape index (κ1) is 20.9. The topological polar surface area (TPSA) is 52.3 Å². The van der Waals surface area contributed by atoms with Crippen LogP contribution in [0.5, 0.6) is 5.75 Å². The minimum atomic E-state index is -0.241. The van der Waals surface area contributed by atoms with Crippen LogP contribution >= 0.6 is 23.2 Å². The van der Waals surface area contributed by atoms with Crippen LogP contribution < -0.4 is 4.74 Å². The summed E-state index contributed by atoms with van der Waals surface area (Å²) in [6.07, 6.45) is 5.05. The molecular weight excluding hydrogens is 433 g/mol. The number of benzene rings is 3. The van der Waals surface area contributed by atoms with Crippen LogP contribution in [0.15, 0.2) is 83.5 Å². The largest absolute Gasteiger partial charge is 0.465 e. The maximum Gasteiger partial charge on any atom is 0.231 e. The van der Waals surface area contributed by atoms with Crippen molar-refractivity contribution in [3.05, 3.63) is 106 Å². The zero-order valence-corrected chi connectivity index (χ0v) is 18.0. The van der Waals surface area contributed by atoms with E-state index in [4.69, 9.17) is 32.4 Å². The van der Waals surface area contributed by atoms with Gasteiger partial charge in [-0.05, 0) is 67.1 Å². The van der Waals surface area contributed by atoms with E-state index < -0.39 is 0 Å². The first-order valence-corrected chi connectivity index (χ1v) is 10.3. The molecule has 0 aliphatic rings. The second-order valence-corrected chi connectivity index (χ2v) is 7.47. The number of carbonyl (C=O) groups excluding carboxylic acids is 1. The van der Waals surface area contributed by atoms with Gasteiger partial charge in [-0.15, -0.1) is 0 Å². The predicted molar refractivity (Wildman–Crippen MR) is 125 cm³/mol. The van der Waals surface area contributed by atoms with Crippen molar-refractivity contribution in [2.75, 3.05) is 0 Å². The van der Waals surface area contributed by atoms with E-state index in [9.17, 15) is 4.79 Å². The van der Waals surface area contributed by atoms with Gasteiger partial charge in [-0.1, -0.05) is 47.5 Å². The highest BCUT2D eigenvalue weighted by Gasteiger charge is 2.20. The molecule has 4 aromatic rings. The van der Waals surface area contributed by atoms with Gasteiger partial charge in [0.1, 0.15) is 11.3 Å². The summed E-state index contributed by atoms with van der Waals surface area (Å²) >= 11 is 12.2. The number of oxazole rings is 1. The highest BCUT2D eigenvalue weighted by Crippen LogP contribution is 2.29. The number of hydrogen-bond acceptors (Lipinski definition) is 4. The fourth-order valence-corrected chi connectivity index (χ4v) is 3.27. The molecule has 0 aliphatic heterocycles. The average Bonchev–Trinajstić information content (AvgIpc) is 3.22. The normalized spacial score (nSPS) is 11.9. The lowest BCUT2D eigenvalue weighted by molar-refractivity contribution is 0.105. The van der Waals surface area contributed by atoms with E-state index in [1.165, 1.54) is 0 Å². The number of allylic oxidation sites excluding steroid dienone is 2. The molecule has 0 saturated carbocycles. The Morgan fingerprint density at radius 2 is 1.77 bits per heavy atom. The number of ether oxygens (including phenoxy) is 1. The number of aromatic nitrogens is 1. The highest BCUT2D eigenvalue weighted by atomic mass is 35.5. The molecule has 4 nitrogen and oxygen atoms in total. The number of fused-ring (bicyclic) bond motifs is 1. The van der Waals surface area contributed by atoms with E-state index in [0.29, 0.717) is 43.6 Å². The Morgan fingerprint density at radius 3 is 2.48 bits per heavy atom. The molecule has 1 aromatic heterocycles. The van der Waals surface area contributed by atoms with E-state index in [2.05, 4.69) is 4.98 Å². The molecule has 0 unspecified atom stereocenters. The lowest BCUT2D eigenvalue weighted by atomic mass is 10.0. The summed E-state index contributed by atoms with van der Waals surface area (Å²) in [7, 11) is 0. The molecule has 0 spiro atoms. The van der Waals surface area contributed by atoms with Crippen molar-refractivity contribution < 1.29 is 13.9 Å². The Morgan fingerprint density at radius 1 is 1.00 bits per heavy atom. The van der Waals surface area contributed by atoms with Crippen LogP contribution in [0.25, 0.3) is 22.7 Å². The van der Waals surface area contributed by atoms with Gasteiger partial charge in [0.05, 0.1) is 21.9 Å². The average molecular weight is 450 g/mol. The molecule has 0 fully saturated rings. The summed E-state index contributed by atoms with van der Waals surface area (Å²) in [4.78, 5) is 17.9. The Kier molecular flexibility index (Phi) is 6.21. The molecule has 154 valence electrons. The summed E-state index contributed by atoms with van der Waals surface area (Å²) in [5.74, 6) is 0.619. The first-order chi connectivity index (χ1) is 15.0. The lowest BCUT2D eigenvalue weighted by Crippen LogP contribution is -2.03. The molecule has 0 saturated heterocycles. The SMILES string of the molecule is CC=COc1ccc(C(=O)C(=Cc2ccc(Cl)c(Cl)c2)c2nc3ccccc3o2)cc1. The Hall–Kier alpha value is -3.34. The fraction of sp³-hybridized carbons (Fsp3) is 0.0400. The molecule has 0 aliphatic carbocycles. The zero-order chi connectivity index (χ0) is 21.8. The van der Waals surface area contributed by atoms with Gasteiger partial charge < -0.3 is 9.15 Å². The molecule has 3 aromatic carbocycles. The van der Waals surface area contributed by atoms with Crippen molar-refractivity contribution in [1.29, 1.82) is 0 Å². The van der Waals surface area contributed by atoms with E-state index in [1.54, 1.807) is 66.9 Å². The number of halogens is 2. The molecule has 0 atom stereocenters. The minimum absolute atomic E-state index is 0.228. The highest BCUT2D eigenvalue weighted by molar-refractivity contribution is 6.42. The number of rotatable bonds is 6. The third kappa shape index (κ3) is 4.71. The van der Waals surface area contributed by atoms with Crippen molar-refractivity contribution in [3.63, 3.8) is 0 Å². The van der Waals surface area contributed by atoms with Crippen molar-refractivity contribution >= 4 is 51.7 Å². The number of Topliss-reactive ketones (excluding diaryl/α,β-unsaturated/α-hetero) is 1. The van der Waals surface area contributed by atoms with Crippen LogP contribution in [0, 0.1) is 0 Å². The molecular formula is C25H17Cl2NO3. The van der Waals surface area contributed by atoms with E-state index in [0.717, 1.165) is 0 Å². The van der Waals surface area contributed by atoms with Gasteiger partial charge >= 0.3 is 0 Å². The summed E-state index contributed by atoms with van der Waals surface area (Å²) in [6.45, 7) is 1.86. The quantitative estimate of drug-likeness (QED) is 0.174. The number of ketones is 1. The number of carbonyl (C=O) groups is 1. The Balaban J connectivity index is 1.78. The van der Waals surface area contributed by atoms with Crippen LogP contribution in [0.3, 0.4) is 0 Å². The molecule has 0 N–H and O–H groups in total. The van der Waals surface area contributed by atoms with Gasteiger partial charge in [-0.25, -0.2) is 4.98 Å². The Bertz CT molecular complexity index is 1270. The number of para-hydroxylation sites is 2. The van der Waals surface area contributed by atoms with Crippen molar-refractivity contribution in [1.82, 2.24) is 4.98 Å². The standard InChI is InChI=1S/C25H17Cl2NO3/c1-2-13-30-18-10-8-17(9-11-18)24(29)19(14-16-7-12-20(26)21(27)15-16)25-28-22-5-3-4-6-23(22)31-25/h2-15H,1H3. The van der Waals surface area contributed by atoms with Crippen LogP contribution in [-0.2, 0) is 0 Å². The third-order valence-electron chi connectivity index (χ3n) is 4.48. The fourth-order valence-electron chi connectivity index (χ4n) is 2.97. The summed E-state index contributed by atoms with van der Waals surface area (Å²) in [6, 6.07) is 19.4. The van der Waals surface area contributed by atoms with Gasteiger partial charge in [0.15, 0.2) is 11.4 Å².